The van der Waals surface area contributed by atoms with Gasteiger partial charge in [-0.25, -0.2) is 12.7 Å². The number of ether oxygens (including phenoxy) is 1. The highest BCUT2D eigenvalue weighted by molar-refractivity contribution is 7.88. The highest BCUT2D eigenvalue weighted by atomic mass is 32.2. The standard InChI is InChI=1S/C23H27N3O5S/c1-32(29,30)25-13-11-17(12-14-25)23(28)24-18-15-22(27)26(16-18)19-7-9-21(10-8-19)31-20-5-3-2-4-6-20/h2-10,17-18H,11-16H2,1H3,(H,24,28). The molecule has 4 rings (SSSR count). The third kappa shape index (κ3) is 5.28. The van der Waals surface area contributed by atoms with Crippen molar-refractivity contribution < 1.29 is 22.7 Å². The van der Waals surface area contributed by atoms with Crippen LogP contribution >= 0.6 is 0 Å². The molecule has 1 unspecified atom stereocenters. The molecule has 2 aromatic rings. The van der Waals surface area contributed by atoms with Crippen molar-refractivity contribution >= 4 is 27.5 Å². The van der Waals surface area contributed by atoms with Gasteiger partial charge in [-0.3, -0.25) is 9.59 Å². The Kier molecular flexibility index (Phi) is 6.48. The molecule has 170 valence electrons. The molecule has 8 nitrogen and oxygen atoms in total. The number of hydrogen-bond acceptors (Lipinski definition) is 5. The van der Waals surface area contributed by atoms with Crippen LogP contribution in [0.5, 0.6) is 11.5 Å². The summed E-state index contributed by atoms with van der Waals surface area (Å²) in [6.45, 7) is 1.11. The van der Waals surface area contributed by atoms with Crippen LogP contribution in [-0.4, -0.2) is 56.5 Å². The summed E-state index contributed by atoms with van der Waals surface area (Å²) in [6.07, 6.45) is 2.42. The van der Waals surface area contributed by atoms with Gasteiger partial charge in [0.2, 0.25) is 21.8 Å². The van der Waals surface area contributed by atoms with E-state index in [1.54, 1.807) is 4.90 Å². The van der Waals surface area contributed by atoms with E-state index in [4.69, 9.17) is 4.74 Å². The molecule has 0 spiro atoms. The Hall–Kier alpha value is -2.91. The molecule has 0 aromatic heterocycles. The van der Waals surface area contributed by atoms with Crippen LogP contribution in [0.1, 0.15) is 19.3 Å². The van der Waals surface area contributed by atoms with Crippen LogP contribution in [0, 0.1) is 5.92 Å². The molecule has 32 heavy (non-hydrogen) atoms. The number of carbonyl (C=O) groups is 2. The normalized spacial score (nSPS) is 20.3. The lowest BCUT2D eigenvalue weighted by atomic mass is 9.97. The van der Waals surface area contributed by atoms with E-state index in [2.05, 4.69) is 5.32 Å². The molecule has 0 bridgehead atoms. The smallest absolute Gasteiger partial charge is 0.229 e. The summed E-state index contributed by atoms with van der Waals surface area (Å²) < 4.78 is 30.5. The molecule has 1 atom stereocenters. The van der Waals surface area contributed by atoms with Crippen molar-refractivity contribution in [2.75, 3.05) is 30.8 Å². The summed E-state index contributed by atoms with van der Waals surface area (Å²) in [5, 5.41) is 2.98. The predicted molar refractivity (Wildman–Crippen MR) is 121 cm³/mol. The minimum atomic E-state index is -3.22. The minimum Gasteiger partial charge on any atom is -0.457 e. The third-order valence-corrected chi connectivity index (χ3v) is 7.20. The number of hydrogen-bond donors (Lipinski definition) is 1. The third-order valence-electron chi connectivity index (χ3n) is 5.89. The molecule has 2 aromatic carbocycles. The van der Waals surface area contributed by atoms with Crippen molar-refractivity contribution in [3.63, 3.8) is 0 Å². The van der Waals surface area contributed by atoms with Crippen LogP contribution in [0.25, 0.3) is 0 Å². The summed E-state index contributed by atoms with van der Waals surface area (Å²) >= 11 is 0. The van der Waals surface area contributed by atoms with Gasteiger partial charge in [0, 0.05) is 37.7 Å². The molecule has 2 aliphatic rings. The average Bonchev–Trinajstić information content (AvgIpc) is 3.14. The van der Waals surface area contributed by atoms with Crippen molar-refractivity contribution in [2.45, 2.75) is 25.3 Å². The number of sulfonamides is 1. The van der Waals surface area contributed by atoms with Crippen LogP contribution in [0.3, 0.4) is 0 Å². The number of anilines is 1. The molecule has 0 saturated carbocycles. The molecule has 0 aliphatic carbocycles. The van der Waals surface area contributed by atoms with Gasteiger partial charge in [-0.2, -0.15) is 0 Å². The van der Waals surface area contributed by atoms with Gasteiger partial charge in [0.15, 0.2) is 0 Å². The lowest BCUT2D eigenvalue weighted by Gasteiger charge is -2.30. The lowest BCUT2D eigenvalue weighted by molar-refractivity contribution is -0.126. The highest BCUT2D eigenvalue weighted by Gasteiger charge is 2.34. The first-order valence-corrected chi connectivity index (χ1v) is 12.5. The first kappa shape index (κ1) is 22.3. The Balaban J connectivity index is 1.31. The maximum Gasteiger partial charge on any atom is 0.229 e. The van der Waals surface area contributed by atoms with Crippen molar-refractivity contribution in [3.8, 4) is 11.5 Å². The van der Waals surface area contributed by atoms with E-state index in [0.29, 0.717) is 38.2 Å². The molecule has 2 heterocycles. The topological polar surface area (TPSA) is 96.0 Å². The zero-order chi connectivity index (χ0) is 22.7. The van der Waals surface area contributed by atoms with Crippen LogP contribution in [0.15, 0.2) is 54.6 Å². The Morgan fingerprint density at radius 3 is 2.25 bits per heavy atom. The second-order valence-corrected chi connectivity index (χ2v) is 10.2. The van der Waals surface area contributed by atoms with Crippen LogP contribution < -0.4 is 15.0 Å². The van der Waals surface area contributed by atoms with Gasteiger partial charge in [-0.15, -0.1) is 0 Å². The average molecular weight is 458 g/mol. The number of amides is 2. The largest absolute Gasteiger partial charge is 0.457 e. The van der Waals surface area contributed by atoms with Crippen molar-refractivity contribution in [3.05, 3.63) is 54.6 Å². The van der Waals surface area contributed by atoms with E-state index in [-0.39, 0.29) is 30.2 Å². The molecule has 2 saturated heterocycles. The number of para-hydroxylation sites is 1. The fourth-order valence-electron chi connectivity index (χ4n) is 4.14. The number of carbonyl (C=O) groups excluding carboxylic acids is 2. The predicted octanol–water partition coefficient (Wildman–Crippen LogP) is 2.37. The Labute approximate surface area is 188 Å². The number of piperidine rings is 1. The number of nitrogens with zero attached hydrogens (tertiary/aromatic N) is 2. The summed E-state index contributed by atoms with van der Waals surface area (Å²) in [5.41, 5.74) is 0.758. The van der Waals surface area contributed by atoms with Crippen molar-refractivity contribution in [2.24, 2.45) is 5.92 Å². The zero-order valence-corrected chi connectivity index (χ0v) is 18.8. The molecule has 2 aliphatic heterocycles. The molecule has 9 heteroatoms. The Morgan fingerprint density at radius 1 is 1.00 bits per heavy atom. The van der Waals surface area contributed by atoms with Gasteiger partial charge < -0.3 is 15.0 Å². The van der Waals surface area contributed by atoms with E-state index >= 15 is 0 Å². The van der Waals surface area contributed by atoms with E-state index in [1.165, 1.54) is 10.6 Å². The zero-order valence-electron chi connectivity index (χ0n) is 17.9. The Bertz CT molecular complexity index is 1060. The number of benzene rings is 2. The van der Waals surface area contributed by atoms with Crippen molar-refractivity contribution in [1.82, 2.24) is 9.62 Å². The van der Waals surface area contributed by atoms with Crippen LogP contribution in [0.4, 0.5) is 5.69 Å². The SMILES string of the molecule is CS(=O)(=O)N1CCC(C(=O)NC2CC(=O)N(c3ccc(Oc4ccccc4)cc3)C2)CC1. The second kappa shape index (κ2) is 9.30. The van der Waals surface area contributed by atoms with E-state index in [9.17, 15) is 18.0 Å². The molecular weight excluding hydrogens is 430 g/mol. The van der Waals surface area contributed by atoms with Crippen LogP contribution in [-0.2, 0) is 19.6 Å². The molecule has 1 N–H and O–H groups in total. The van der Waals surface area contributed by atoms with Gasteiger partial charge in [-0.1, -0.05) is 18.2 Å². The first-order chi connectivity index (χ1) is 15.3. The van der Waals surface area contributed by atoms with E-state index in [1.807, 2.05) is 54.6 Å². The molecule has 0 radical (unpaired) electrons. The first-order valence-electron chi connectivity index (χ1n) is 10.7. The van der Waals surface area contributed by atoms with Crippen molar-refractivity contribution in [1.29, 1.82) is 0 Å². The summed E-state index contributed by atoms with van der Waals surface area (Å²) in [6, 6.07) is 16.5. The van der Waals surface area contributed by atoms with Crippen LogP contribution in [0.2, 0.25) is 0 Å². The van der Waals surface area contributed by atoms with Gasteiger partial charge in [-0.05, 0) is 49.2 Å². The maximum atomic E-state index is 12.7. The lowest BCUT2D eigenvalue weighted by Crippen LogP contribution is -2.45. The number of rotatable bonds is 6. The van der Waals surface area contributed by atoms with Gasteiger partial charge in [0.1, 0.15) is 11.5 Å². The summed E-state index contributed by atoms with van der Waals surface area (Å²) in [4.78, 5) is 26.9. The minimum absolute atomic E-state index is 0.0427. The van der Waals surface area contributed by atoms with Gasteiger partial charge in [0.25, 0.3) is 0 Å². The maximum absolute atomic E-state index is 12.7. The fourth-order valence-corrected chi connectivity index (χ4v) is 5.02. The fraction of sp³-hybridized carbons (Fsp3) is 0.391. The molecule has 2 amide bonds. The molecular formula is C23H27N3O5S. The summed E-state index contributed by atoms with van der Waals surface area (Å²) in [5.74, 6) is 1.04. The van der Waals surface area contributed by atoms with E-state index in [0.717, 1.165) is 11.4 Å². The second-order valence-electron chi connectivity index (χ2n) is 8.26. The van der Waals surface area contributed by atoms with Gasteiger partial charge >= 0.3 is 0 Å². The molecule has 2 fully saturated rings. The quantitative estimate of drug-likeness (QED) is 0.719. The van der Waals surface area contributed by atoms with Gasteiger partial charge in [0.05, 0.1) is 12.3 Å². The Morgan fingerprint density at radius 2 is 1.62 bits per heavy atom. The monoisotopic (exact) mass is 457 g/mol. The van der Waals surface area contributed by atoms with E-state index < -0.39 is 10.0 Å². The summed E-state index contributed by atoms with van der Waals surface area (Å²) in [7, 11) is -3.22. The number of nitrogens with one attached hydrogen (secondary N) is 1. The highest BCUT2D eigenvalue weighted by Crippen LogP contribution is 2.27.